The van der Waals surface area contributed by atoms with E-state index in [1.54, 1.807) is 34.3 Å². The van der Waals surface area contributed by atoms with Crippen molar-refractivity contribution in [1.29, 1.82) is 0 Å². The highest BCUT2D eigenvalue weighted by molar-refractivity contribution is 7.16. The van der Waals surface area contributed by atoms with Crippen molar-refractivity contribution in [2.45, 2.75) is 6.10 Å². The summed E-state index contributed by atoms with van der Waals surface area (Å²) in [5, 5.41) is 17.3. The van der Waals surface area contributed by atoms with Crippen molar-refractivity contribution < 1.29 is 9.90 Å². The van der Waals surface area contributed by atoms with Crippen molar-refractivity contribution in [3.63, 3.8) is 0 Å². The minimum atomic E-state index is -0.714. The van der Waals surface area contributed by atoms with Crippen LogP contribution >= 0.6 is 34.0 Å². The van der Waals surface area contributed by atoms with Gasteiger partial charge in [-0.2, -0.15) is 11.3 Å². The van der Waals surface area contributed by atoms with Crippen LogP contribution in [0.15, 0.2) is 52.7 Å². The van der Waals surface area contributed by atoms with Crippen LogP contribution in [0.3, 0.4) is 0 Å². The highest BCUT2D eigenvalue weighted by atomic mass is 32.1. The number of amides is 1. The number of aromatic nitrogens is 1. The minimum absolute atomic E-state index is 0.184. The molecule has 2 N–H and O–H groups in total. The maximum Gasteiger partial charge on any atom is 0.251 e. The van der Waals surface area contributed by atoms with Crippen LogP contribution in [0.25, 0.3) is 20.7 Å². The summed E-state index contributed by atoms with van der Waals surface area (Å²) in [6.45, 7) is 0.184. The number of thiazole rings is 1. The van der Waals surface area contributed by atoms with Crippen molar-refractivity contribution in [2.75, 3.05) is 6.54 Å². The molecule has 0 aliphatic heterocycles. The lowest BCUT2D eigenvalue weighted by Gasteiger charge is -2.10. The Labute approximate surface area is 156 Å². The first kappa shape index (κ1) is 16.4. The third kappa shape index (κ3) is 3.50. The van der Waals surface area contributed by atoms with E-state index in [4.69, 9.17) is 0 Å². The summed E-state index contributed by atoms with van der Waals surface area (Å²) in [5.74, 6) is -0.191. The van der Waals surface area contributed by atoms with Crippen LogP contribution in [0.5, 0.6) is 0 Å². The number of aliphatic hydroxyl groups is 1. The zero-order chi connectivity index (χ0) is 17.2. The SMILES string of the molecule is O=C(NCC(O)c1ccc(-c2ccsc2)s1)c1ccc2ncsc2c1. The molecule has 4 nitrogen and oxygen atoms in total. The maximum atomic E-state index is 12.3. The average Bonchev–Trinajstić information content (AvgIpc) is 3.38. The van der Waals surface area contributed by atoms with Gasteiger partial charge in [0.15, 0.2) is 0 Å². The van der Waals surface area contributed by atoms with Gasteiger partial charge in [-0.1, -0.05) is 0 Å². The molecule has 3 heterocycles. The average molecular weight is 387 g/mol. The van der Waals surface area contributed by atoms with Gasteiger partial charge >= 0.3 is 0 Å². The molecular weight excluding hydrogens is 372 g/mol. The molecule has 0 bridgehead atoms. The van der Waals surface area contributed by atoms with Gasteiger partial charge in [0, 0.05) is 27.4 Å². The number of carbonyl (C=O) groups excluding carboxylic acids is 1. The first-order chi connectivity index (χ1) is 12.2. The molecule has 4 rings (SSSR count). The minimum Gasteiger partial charge on any atom is -0.386 e. The molecule has 0 saturated carbocycles. The molecule has 0 aliphatic carbocycles. The zero-order valence-electron chi connectivity index (χ0n) is 13.0. The lowest BCUT2D eigenvalue weighted by Crippen LogP contribution is -2.28. The third-order valence-electron chi connectivity index (χ3n) is 3.81. The Morgan fingerprint density at radius 2 is 2.16 bits per heavy atom. The molecule has 7 heteroatoms. The Kier molecular flexibility index (Phi) is 4.63. The van der Waals surface area contributed by atoms with E-state index in [1.807, 2.05) is 29.6 Å². The number of nitrogens with zero attached hydrogens (tertiary/aromatic N) is 1. The van der Waals surface area contributed by atoms with Crippen molar-refractivity contribution in [3.8, 4) is 10.4 Å². The summed E-state index contributed by atoms with van der Waals surface area (Å²) < 4.78 is 0.979. The Bertz CT molecular complexity index is 1000. The number of benzene rings is 1. The molecular formula is C18H14N2O2S3. The molecule has 0 saturated heterocycles. The van der Waals surface area contributed by atoms with Crippen LogP contribution in [-0.4, -0.2) is 22.5 Å². The van der Waals surface area contributed by atoms with E-state index < -0.39 is 6.10 Å². The molecule has 0 aliphatic rings. The number of aliphatic hydroxyl groups excluding tert-OH is 1. The standard InChI is InChI=1S/C18H14N2O2S3/c21-14(16-4-3-15(25-16)12-5-6-23-9-12)8-19-18(22)11-1-2-13-17(7-11)24-10-20-13/h1-7,9-10,14,21H,8H2,(H,19,22). The second kappa shape index (κ2) is 7.05. The molecule has 0 spiro atoms. The Morgan fingerprint density at radius 3 is 3.00 bits per heavy atom. The number of hydrogen-bond acceptors (Lipinski definition) is 6. The van der Waals surface area contributed by atoms with Crippen LogP contribution in [0.2, 0.25) is 0 Å². The predicted molar refractivity (Wildman–Crippen MR) is 105 cm³/mol. The van der Waals surface area contributed by atoms with Crippen LogP contribution in [-0.2, 0) is 0 Å². The summed E-state index contributed by atoms with van der Waals surface area (Å²) in [5.41, 5.74) is 4.39. The third-order valence-corrected chi connectivity index (χ3v) is 6.52. The zero-order valence-corrected chi connectivity index (χ0v) is 15.5. The summed E-state index contributed by atoms with van der Waals surface area (Å²) in [6, 6.07) is 11.4. The second-order valence-corrected chi connectivity index (χ2v) is 8.26. The molecule has 1 unspecified atom stereocenters. The fraction of sp³-hybridized carbons (Fsp3) is 0.111. The predicted octanol–water partition coefficient (Wildman–Crippen LogP) is 4.55. The lowest BCUT2D eigenvalue weighted by molar-refractivity contribution is 0.0918. The van der Waals surface area contributed by atoms with Gasteiger partial charge in [0.1, 0.15) is 6.10 Å². The first-order valence-corrected chi connectivity index (χ1v) is 10.3. The van der Waals surface area contributed by atoms with E-state index in [9.17, 15) is 9.90 Å². The maximum absolute atomic E-state index is 12.3. The number of rotatable bonds is 5. The van der Waals surface area contributed by atoms with Gasteiger partial charge in [-0.3, -0.25) is 4.79 Å². The highest BCUT2D eigenvalue weighted by Crippen LogP contribution is 2.32. The summed E-state index contributed by atoms with van der Waals surface area (Å²) in [6.07, 6.45) is -0.714. The van der Waals surface area contributed by atoms with Crippen molar-refractivity contribution in [3.05, 3.63) is 63.1 Å². The molecule has 1 aromatic carbocycles. The quantitative estimate of drug-likeness (QED) is 0.529. The number of nitrogens with one attached hydrogen (secondary N) is 1. The lowest BCUT2D eigenvalue weighted by atomic mass is 10.2. The normalized spacial score (nSPS) is 12.4. The van der Waals surface area contributed by atoms with E-state index in [-0.39, 0.29) is 12.5 Å². The van der Waals surface area contributed by atoms with Gasteiger partial charge < -0.3 is 10.4 Å². The first-order valence-electron chi connectivity index (χ1n) is 7.62. The number of hydrogen-bond donors (Lipinski definition) is 2. The Morgan fingerprint density at radius 1 is 1.24 bits per heavy atom. The molecule has 4 aromatic rings. The van der Waals surface area contributed by atoms with Gasteiger partial charge in [0.25, 0.3) is 5.91 Å². The van der Waals surface area contributed by atoms with Gasteiger partial charge in [0.05, 0.1) is 15.7 Å². The Hall–Kier alpha value is -2.06. The summed E-state index contributed by atoms with van der Waals surface area (Å²) in [7, 11) is 0. The van der Waals surface area contributed by atoms with Crippen molar-refractivity contribution in [1.82, 2.24) is 10.3 Å². The van der Waals surface area contributed by atoms with Gasteiger partial charge in [-0.05, 0) is 47.2 Å². The van der Waals surface area contributed by atoms with Gasteiger partial charge in [-0.15, -0.1) is 22.7 Å². The molecule has 1 amide bonds. The topological polar surface area (TPSA) is 62.2 Å². The van der Waals surface area contributed by atoms with E-state index in [0.717, 1.165) is 25.5 Å². The fourth-order valence-electron chi connectivity index (χ4n) is 2.48. The smallest absolute Gasteiger partial charge is 0.251 e. The molecule has 1 atom stereocenters. The monoisotopic (exact) mass is 386 g/mol. The summed E-state index contributed by atoms with van der Waals surface area (Å²) >= 11 is 4.70. The number of thiophene rings is 2. The molecule has 0 radical (unpaired) electrons. The van der Waals surface area contributed by atoms with Crippen molar-refractivity contribution >= 4 is 50.1 Å². The largest absolute Gasteiger partial charge is 0.386 e. The highest BCUT2D eigenvalue weighted by Gasteiger charge is 2.14. The van der Waals surface area contributed by atoms with Crippen LogP contribution in [0, 0.1) is 0 Å². The van der Waals surface area contributed by atoms with E-state index >= 15 is 0 Å². The Balaban J connectivity index is 1.41. The molecule has 25 heavy (non-hydrogen) atoms. The van der Waals surface area contributed by atoms with E-state index in [0.29, 0.717) is 5.56 Å². The molecule has 3 aromatic heterocycles. The van der Waals surface area contributed by atoms with Crippen LogP contribution in [0.4, 0.5) is 0 Å². The summed E-state index contributed by atoms with van der Waals surface area (Å²) in [4.78, 5) is 18.5. The van der Waals surface area contributed by atoms with E-state index in [2.05, 4.69) is 21.7 Å². The van der Waals surface area contributed by atoms with Crippen LogP contribution < -0.4 is 5.32 Å². The van der Waals surface area contributed by atoms with Gasteiger partial charge in [0.2, 0.25) is 0 Å². The second-order valence-electron chi connectivity index (χ2n) is 5.47. The van der Waals surface area contributed by atoms with Crippen LogP contribution in [0.1, 0.15) is 21.3 Å². The van der Waals surface area contributed by atoms with Gasteiger partial charge in [-0.25, -0.2) is 4.98 Å². The van der Waals surface area contributed by atoms with E-state index in [1.165, 1.54) is 11.3 Å². The number of fused-ring (bicyclic) bond motifs is 1. The number of carbonyl (C=O) groups is 1. The van der Waals surface area contributed by atoms with Crippen molar-refractivity contribution in [2.24, 2.45) is 0 Å². The molecule has 126 valence electrons. The fourth-order valence-corrected chi connectivity index (χ4v) is 4.92. The molecule has 0 fully saturated rings.